The van der Waals surface area contributed by atoms with Gasteiger partial charge in [0.05, 0.1) is 11.6 Å². The van der Waals surface area contributed by atoms with Gasteiger partial charge in [-0.05, 0) is 41.0 Å². The van der Waals surface area contributed by atoms with Crippen molar-refractivity contribution in [3.63, 3.8) is 0 Å². The lowest BCUT2D eigenvalue weighted by molar-refractivity contribution is -0.128. The minimum Gasteiger partial charge on any atom is -0.389 e. The third kappa shape index (κ3) is 6.32. The molecule has 0 bridgehead atoms. The van der Waals surface area contributed by atoms with Crippen LogP contribution in [0, 0.1) is 0 Å². The van der Waals surface area contributed by atoms with Crippen LogP contribution in [-0.4, -0.2) is 70.7 Å². The summed E-state index contributed by atoms with van der Waals surface area (Å²) in [5, 5.41) is 13.0. The second-order valence-electron chi connectivity index (χ2n) is 7.53. The van der Waals surface area contributed by atoms with E-state index in [0.29, 0.717) is 6.54 Å². The Hall–Kier alpha value is -0.650. The number of carbonyl (C=O) groups is 1. The highest BCUT2D eigenvalue weighted by Gasteiger charge is 2.29. The zero-order valence-electron chi connectivity index (χ0n) is 14.6. The van der Waals surface area contributed by atoms with Crippen LogP contribution in [0.4, 0.5) is 0 Å². The molecule has 1 aliphatic heterocycles. The van der Waals surface area contributed by atoms with Gasteiger partial charge in [-0.1, -0.05) is 6.92 Å². The van der Waals surface area contributed by atoms with E-state index in [1.807, 2.05) is 20.8 Å². The maximum atomic E-state index is 12.3. The van der Waals surface area contributed by atoms with Crippen LogP contribution in [0.25, 0.3) is 0 Å². The maximum absolute atomic E-state index is 12.3. The van der Waals surface area contributed by atoms with E-state index in [1.54, 1.807) is 0 Å². The smallest absolute Gasteiger partial charge is 0.237 e. The van der Waals surface area contributed by atoms with Gasteiger partial charge in [-0.25, -0.2) is 0 Å². The van der Waals surface area contributed by atoms with Gasteiger partial charge in [-0.3, -0.25) is 14.6 Å². The van der Waals surface area contributed by atoms with E-state index in [0.717, 1.165) is 32.6 Å². The van der Waals surface area contributed by atoms with E-state index in [1.165, 1.54) is 0 Å². The van der Waals surface area contributed by atoms with Crippen LogP contribution in [0.1, 0.15) is 48.0 Å². The highest BCUT2D eigenvalue weighted by Crippen LogP contribution is 2.13. The minimum atomic E-state index is -0.656. The summed E-state index contributed by atoms with van der Waals surface area (Å²) in [4.78, 5) is 16.8. The zero-order valence-corrected chi connectivity index (χ0v) is 14.6. The molecule has 2 N–H and O–H groups in total. The third-order valence-corrected chi connectivity index (χ3v) is 4.29. The summed E-state index contributed by atoms with van der Waals surface area (Å²) in [5.41, 5.74) is -0.801. The molecule has 1 fully saturated rings. The molecule has 1 amide bonds. The van der Waals surface area contributed by atoms with E-state index >= 15 is 0 Å². The topological polar surface area (TPSA) is 55.8 Å². The predicted octanol–water partition coefficient (Wildman–Crippen LogP) is 1.07. The molecule has 0 aromatic heterocycles. The maximum Gasteiger partial charge on any atom is 0.237 e. The summed E-state index contributed by atoms with van der Waals surface area (Å²) in [6.45, 7) is 16.1. The Kier molecular flexibility index (Phi) is 6.20. The summed E-state index contributed by atoms with van der Waals surface area (Å²) in [7, 11) is 0. The van der Waals surface area contributed by atoms with Gasteiger partial charge in [0, 0.05) is 38.3 Å². The number of piperazine rings is 1. The fourth-order valence-electron chi connectivity index (χ4n) is 2.55. The van der Waals surface area contributed by atoms with E-state index in [4.69, 9.17) is 0 Å². The van der Waals surface area contributed by atoms with Crippen molar-refractivity contribution in [1.82, 2.24) is 15.1 Å². The zero-order chi connectivity index (χ0) is 16.3. The van der Waals surface area contributed by atoms with E-state index in [2.05, 4.69) is 35.9 Å². The summed E-state index contributed by atoms with van der Waals surface area (Å²) in [6, 6.07) is -0.0971. The number of aliphatic hydroxyl groups is 1. The van der Waals surface area contributed by atoms with Gasteiger partial charge in [-0.2, -0.15) is 0 Å². The Morgan fingerprint density at radius 1 is 1.19 bits per heavy atom. The summed E-state index contributed by atoms with van der Waals surface area (Å²) in [5.74, 6) is 0.109. The monoisotopic (exact) mass is 299 g/mol. The Morgan fingerprint density at radius 3 is 2.14 bits per heavy atom. The molecular weight excluding hydrogens is 266 g/mol. The highest BCUT2D eigenvalue weighted by molar-refractivity contribution is 5.82. The predicted molar refractivity (Wildman–Crippen MR) is 86.3 cm³/mol. The van der Waals surface area contributed by atoms with Crippen LogP contribution in [0.3, 0.4) is 0 Å². The second kappa shape index (κ2) is 7.07. The molecule has 1 saturated heterocycles. The van der Waals surface area contributed by atoms with E-state index in [-0.39, 0.29) is 17.5 Å². The SMILES string of the molecule is CCC(C)(C)NC(=O)C(C)N1CCN(CC(C)(C)O)CC1. The summed E-state index contributed by atoms with van der Waals surface area (Å²) < 4.78 is 0. The molecular formula is C16H33N3O2. The molecule has 124 valence electrons. The lowest BCUT2D eigenvalue weighted by Crippen LogP contribution is -2.57. The molecule has 0 spiro atoms. The van der Waals surface area contributed by atoms with Gasteiger partial charge in [0.25, 0.3) is 0 Å². The molecule has 0 radical (unpaired) electrons. The lowest BCUT2D eigenvalue weighted by atomic mass is 10.0. The number of β-amino-alcohol motifs (C(OH)–C–C–N with tert-alkyl or cyclic N) is 1. The molecule has 1 heterocycles. The van der Waals surface area contributed by atoms with Gasteiger partial charge < -0.3 is 10.4 Å². The van der Waals surface area contributed by atoms with Gasteiger partial charge in [-0.15, -0.1) is 0 Å². The van der Waals surface area contributed by atoms with Gasteiger partial charge >= 0.3 is 0 Å². The minimum absolute atomic E-state index is 0.0971. The molecule has 1 unspecified atom stereocenters. The molecule has 21 heavy (non-hydrogen) atoms. The average Bonchev–Trinajstić information content (AvgIpc) is 2.36. The molecule has 0 aromatic rings. The lowest BCUT2D eigenvalue weighted by Gasteiger charge is -2.40. The van der Waals surface area contributed by atoms with Crippen molar-refractivity contribution in [2.24, 2.45) is 0 Å². The quantitative estimate of drug-likeness (QED) is 0.770. The first-order valence-electron chi connectivity index (χ1n) is 8.05. The highest BCUT2D eigenvalue weighted by atomic mass is 16.3. The first-order valence-corrected chi connectivity index (χ1v) is 8.05. The Morgan fingerprint density at radius 2 is 1.71 bits per heavy atom. The number of nitrogens with zero attached hydrogens (tertiary/aromatic N) is 2. The van der Waals surface area contributed by atoms with Crippen molar-refractivity contribution in [1.29, 1.82) is 0 Å². The third-order valence-electron chi connectivity index (χ3n) is 4.29. The summed E-state index contributed by atoms with van der Waals surface area (Å²) >= 11 is 0. The fraction of sp³-hybridized carbons (Fsp3) is 0.938. The van der Waals surface area contributed by atoms with Crippen LogP contribution in [0.2, 0.25) is 0 Å². The van der Waals surface area contributed by atoms with Gasteiger partial charge in [0.15, 0.2) is 0 Å². The first kappa shape index (κ1) is 18.4. The van der Waals surface area contributed by atoms with Gasteiger partial charge in [0.2, 0.25) is 5.91 Å². The molecule has 0 aliphatic carbocycles. The van der Waals surface area contributed by atoms with E-state index in [9.17, 15) is 9.90 Å². The van der Waals surface area contributed by atoms with Crippen LogP contribution in [0.15, 0.2) is 0 Å². The van der Waals surface area contributed by atoms with Crippen LogP contribution < -0.4 is 5.32 Å². The molecule has 1 rings (SSSR count). The average molecular weight is 299 g/mol. The Balaban J connectivity index is 2.45. The molecule has 5 heteroatoms. The standard InChI is InChI=1S/C16H33N3O2/c1-7-15(3,4)17-14(20)13(2)19-10-8-18(9-11-19)12-16(5,6)21/h13,21H,7-12H2,1-6H3,(H,17,20). The van der Waals surface area contributed by atoms with Crippen molar-refractivity contribution in [3.8, 4) is 0 Å². The molecule has 5 nitrogen and oxygen atoms in total. The van der Waals surface area contributed by atoms with Gasteiger partial charge in [0.1, 0.15) is 0 Å². The number of rotatable bonds is 6. The number of carbonyl (C=O) groups excluding carboxylic acids is 1. The van der Waals surface area contributed by atoms with Crippen molar-refractivity contribution in [2.75, 3.05) is 32.7 Å². The largest absolute Gasteiger partial charge is 0.389 e. The van der Waals surface area contributed by atoms with Crippen LogP contribution >= 0.6 is 0 Å². The Bertz CT molecular complexity index is 342. The second-order valence-corrected chi connectivity index (χ2v) is 7.53. The molecule has 1 aliphatic rings. The fourth-order valence-corrected chi connectivity index (χ4v) is 2.55. The van der Waals surface area contributed by atoms with Crippen LogP contribution in [0.5, 0.6) is 0 Å². The molecule has 1 atom stereocenters. The van der Waals surface area contributed by atoms with Crippen molar-refractivity contribution >= 4 is 5.91 Å². The van der Waals surface area contributed by atoms with Crippen molar-refractivity contribution in [3.05, 3.63) is 0 Å². The van der Waals surface area contributed by atoms with Crippen LogP contribution in [-0.2, 0) is 4.79 Å². The van der Waals surface area contributed by atoms with E-state index < -0.39 is 5.60 Å². The summed E-state index contributed by atoms with van der Waals surface area (Å²) in [6.07, 6.45) is 0.921. The number of hydrogen-bond acceptors (Lipinski definition) is 4. The van der Waals surface area contributed by atoms with Crippen molar-refractivity contribution < 1.29 is 9.90 Å². The van der Waals surface area contributed by atoms with Crippen molar-refractivity contribution in [2.45, 2.75) is 65.1 Å². The Labute approximate surface area is 129 Å². The molecule has 0 aromatic carbocycles. The number of nitrogens with one attached hydrogen (secondary N) is 1. The first-order chi connectivity index (χ1) is 9.54. The number of hydrogen-bond donors (Lipinski definition) is 2. The molecule has 0 saturated carbocycles. The normalized spacial score (nSPS) is 20.3. The number of amides is 1.